The molecule has 0 aliphatic heterocycles. The summed E-state index contributed by atoms with van der Waals surface area (Å²) in [6.07, 6.45) is 3.75. The first kappa shape index (κ1) is 20.0. The van der Waals surface area contributed by atoms with E-state index in [-0.39, 0.29) is 0 Å². The average Bonchev–Trinajstić information content (AvgIpc) is 3.13. The molecule has 0 atom stereocenters. The number of fused-ring (bicyclic) bond motifs is 1. The summed E-state index contributed by atoms with van der Waals surface area (Å²) in [5, 5.41) is 7.25. The Bertz CT molecular complexity index is 1160. The molecule has 0 spiro atoms. The molecule has 2 aromatic carbocycles. The first-order chi connectivity index (χ1) is 14.7. The quantitative estimate of drug-likeness (QED) is 0.368. The summed E-state index contributed by atoms with van der Waals surface area (Å²) in [7, 11) is 1.62. The van der Waals surface area contributed by atoms with Crippen LogP contribution in [0.5, 0.6) is 5.75 Å². The van der Waals surface area contributed by atoms with Crippen LogP contribution < -0.4 is 15.4 Å². The maximum absolute atomic E-state index is 6.41. The third-order valence-electron chi connectivity index (χ3n) is 4.70. The standard InChI is InChI=1S/C22H23ClN6O/c1-3-4-11-24-20-13-21(26-14-25-20)29-19-8-6-5-7-17(19)27-22(29)28-18-12-15(30-2)9-10-16(18)23/h5-10,12-14H,3-4,11H2,1-2H3,(H,27,28)(H,24,25,26). The van der Waals surface area contributed by atoms with Gasteiger partial charge in [-0.2, -0.15) is 0 Å². The van der Waals surface area contributed by atoms with Crippen molar-refractivity contribution in [3.63, 3.8) is 0 Å². The van der Waals surface area contributed by atoms with Crippen LogP contribution in [0.4, 0.5) is 17.5 Å². The van der Waals surface area contributed by atoms with E-state index in [1.165, 1.54) is 0 Å². The number of halogens is 1. The first-order valence-corrected chi connectivity index (χ1v) is 10.2. The Labute approximate surface area is 180 Å². The molecule has 7 nitrogen and oxygen atoms in total. The molecule has 154 valence electrons. The van der Waals surface area contributed by atoms with Gasteiger partial charge in [0.25, 0.3) is 0 Å². The lowest BCUT2D eigenvalue weighted by molar-refractivity contribution is 0.415. The van der Waals surface area contributed by atoms with E-state index < -0.39 is 0 Å². The van der Waals surface area contributed by atoms with Crippen molar-refractivity contribution in [2.45, 2.75) is 19.8 Å². The Kier molecular flexibility index (Phi) is 5.99. The van der Waals surface area contributed by atoms with Crippen LogP contribution in [0.2, 0.25) is 5.02 Å². The summed E-state index contributed by atoms with van der Waals surface area (Å²) in [5.41, 5.74) is 2.47. The summed E-state index contributed by atoms with van der Waals surface area (Å²) in [6.45, 7) is 3.02. The minimum absolute atomic E-state index is 0.569. The van der Waals surface area contributed by atoms with Crippen molar-refractivity contribution in [3.05, 3.63) is 59.9 Å². The normalized spacial score (nSPS) is 10.9. The number of nitrogens with one attached hydrogen (secondary N) is 2. The molecule has 0 unspecified atom stereocenters. The summed E-state index contributed by atoms with van der Waals surface area (Å²) in [5.74, 6) is 2.79. The molecule has 0 bridgehead atoms. The number of rotatable bonds is 8. The lowest BCUT2D eigenvalue weighted by Crippen LogP contribution is -2.07. The molecule has 0 radical (unpaired) electrons. The molecule has 2 heterocycles. The maximum atomic E-state index is 6.41. The highest BCUT2D eigenvalue weighted by atomic mass is 35.5. The predicted molar refractivity (Wildman–Crippen MR) is 121 cm³/mol. The van der Waals surface area contributed by atoms with Crippen molar-refractivity contribution in [2.75, 3.05) is 24.3 Å². The van der Waals surface area contributed by atoms with Crippen molar-refractivity contribution >= 4 is 40.1 Å². The van der Waals surface area contributed by atoms with Crippen LogP contribution in [0.1, 0.15) is 19.8 Å². The average molecular weight is 423 g/mol. The molecule has 0 aliphatic rings. The van der Waals surface area contributed by atoms with Gasteiger partial charge in [0.2, 0.25) is 5.95 Å². The van der Waals surface area contributed by atoms with Crippen LogP contribution in [0.25, 0.3) is 16.9 Å². The number of imidazole rings is 1. The van der Waals surface area contributed by atoms with Gasteiger partial charge in [-0.3, -0.25) is 4.57 Å². The number of anilines is 3. The molecule has 8 heteroatoms. The molecule has 4 rings (SSSR count). The Hall–Kier alpha value is -3.32. The fourth-order valence-corrected chi connectivity index (χ4v) is 3.31. The maximum Gasteiger partial charge on any atom is 0.214 e. The third-order valence-corrected chi connectivity index (χ3v) is 5.03. The second-order valence-electron chi connectivity index (χ2n) is 6.77. The fraction of sp³-hybridized carbons (Fsp3) is 0.227. The van der Waals surface area contributed by atoms with Crippen molar-refractivity contribution in [2.24, 2.45) is 0 Å². The number of aromatic nitrogens is 4. The van der Waals surface area contributed by atoms with Crippen molar-refractivity contribution in [1.29, 1.82) is 0 Å². The van der Waals surface area contributed by atoms with E-state index in [2.05, 4.69) is 27.5 Å². The highest BCUT2D eigenvalue weighted by Gasteiger charge is 2.15. The molecule has 0 saturated carbocycles. The van der Waals surface area contributed by atoms with Crippen molar-refractivity contribution in [3.8, 4) is 11.6 Å². The van der Waals surface area contributed by atoms with Crippen molar-refractivity contribution < 1.29 is 4.74 Å². The van der Waals surface area contributed by atoms with E-state index >= 15 is 0 Å². The van der Waals surface area contributed by atoms with Crippen LogP contribution in [0.3, 0.4) is 0 Å². The van der Waals surface area contributed by atoms with E-state index in [0.717, 1.165) is 36.2 Å². The Morgan fingerprint density at radius 1 is 1.10 bits per heavy atom. The first-order valence-electron chi connectivity index (χ1n) is 9.84. The number of hydrogen-bond acceptors (Lipinski definition) is 6. The number of ether oxygens (including phenoxy) is 1. The minimum Gasteiger partial charge on any atom is -0.497 e. The third kappa shape index (κ3) is 4.16. The van der Waals surface area contributed by atoms with E-state index in [9.17, 15) is 0 Å². The van der Waals surface area contributed by atoms with Gasteiger partial charge in [-0.15, -0.1) is 0 Å². The van der Waals surface area contributed by atoms with Gasteiger partial charge in [0.1, 0.15) is 23.7 Å². The van der Waals surface area contributed by atoms with E-state index in [1.54, 1.807) is 19.5 Å². The SMILES string of the molecule is CCCCNc1cc(-n2c(Nc3cc(OC)ccc3Cl)nc3ccccc32)ncn1. The van der Waals surface area contributed by atoms with Crippen LogP contribution in [0, 0.1) is 0 Å². The molecule has 0 saturated heterocycles. The minimum atomic E-state index is 0.569. The Morgan fingerprint density at radius 3 is 2.80 bits per heavy atom. The van der Waals surface area contributed by atoms with Gasteiger partial charge in [0.05, 0.1) is 28.9 Å². The van der Waals surface area contributed by atoms with Crippen LogP contribution in [0.15, 0.2) is 54.9 Å². The molecule has 0 amide bonds. The van der Waals surface area contributed by atoms with Gasteiger partial charge in [-0.25, -0.2) is 15.0 Å². The number of benzene rings is 2. The second kappa shape index (κ2) is 9.00. The van der Waals surface area contributed by atoms with Crippen molar-refractivity contribution in [1.82, 2.24) is 19.5 Å². The Balaban J connectivity index is 1.77. The Morgan fingerprint density at radius 2 is 1.97 bits per heavy atom. The van der Waals surface area contributed by atoms with E-state index in [4.69, 9.17) is 21.3 Å². The molecule has 0 aliphatic carbocycles. The highest BCUT2D eigenvalue weighted by Crippen LogP contribution is 2.32. The molecule has 30 heavy (non-hydrogen) atoms. The molecule has 4 aromatic rings. The lowest BCUT2D eigenvalue weighted by atomic mass is 10.3. The van der Waals surface area contributed by atoms with Gasteiger partial charge in [-0.1, -0.05) is 37.1 Å². The van der Waals surface area contributed by atoms with E-state index in [0.29, 0.717) is 28.2 Å². The van der Waals surface area contributed by atoms with Gasteiger partial charge in [-0.05, 0) is 30.7 Å². The molecule has 2 aromatic heterocycles. The largest absolute Gasteiger partial charge is 0.497 e. The zero-order valence-corrected chi connectivity index (χ0v) is 17.6. The molecule has 2 N–H and O–H groups in total. The molecule has 0 fully saturated rings. The summed E-state index contributed by atoms with van der Waals surface area (Å²) >= 11 is 6.41. The van der Waals surface area contributed by atoms with Crippen LogP contribution in [-0.2, 0) is 0 Å². The number of para-hydroxylation sites is 2. The van der Waals surface area contributed by atoms with Gasteiger partial charge < -0.3 is 15.4 Å². The smallest absolute Gasteiger partial charge is 0.214 e. The number of methoxy groups -OCH3 is 1. The zero-order chi connectivity index (χ0) is 20.9. The lowest BCUT2D eigenvalue weighted by Gasteiger charge is -2.13. The number of hydrogen-bond donors (Lipinski definition) is 2. The number of unbranched alkanes of at least 4 members (excludes halogenated alkanes) is 1. The predicted octanol–water partition coefficient (Wildman–Crippen LogP) is 5.43. The summed E-state index contributed by atoms with van der Waals surface area (Å²) < 4.78 is 7.29. The topological polar surface area (TPSA) is 76.9 Å². The molecular formula is C22H23ClN6O. The summed E-state index contributed by atoms with van der Waals surface area (Å²) in [4.78, 5) is 13.6. The molecular weight excluding hydrogens is 400 g/mol. The van der Waals surface area contributed by atoms with Crippen LogP contribution >= 0.6 is 11.6 Å². The van der Waals surface area contributed by atoms with E-state index in [1.807, 2.05) is 47.0 Å². The van der Waals surface area contributed by atoms with Gasteiger partial charge in [0.15, 0.2) is 0 Å². The monoisotopic (exact) mass is 422 g/mol. The highest BCUT2D eigenvalue weighted by molar-refractivity contribution is 6.33. The van der Waals surface area contributed by atoms with Gasteiger partial charge >= 0.3 is 0 Å². The zero-order valence-electron chi connectivity index (χ0n) is 16.9. The second-order valence-corrected chi connectivity index (χ2v) is 7.18. The fourth-order valence-electron chi connectivity index (χ4n) is 3.15. The van der Waals surface area contributed by atoms with Crippen LogP contribution in [-0.4, -0.2) is 33.2 Å². The van der Waals surface area contributed by atoms with Gasteiger partial charge in [0, 0.05) is 18.7 Å². The number of nitrogens with zero attached hydrogens (tertiary/aromatic N) is 4. The summed E-state index contributed by atoms with van der Waals surface area (Å²) in [6, 6.07) is 15.3.